The average molecular weight is 150 g/mol. The predicted octanol–water partition coefficient (Wildman–Crippen LogP) is 2.27. The highest BCUT2D eigenvalue weighted by Crippen LogP contribution is 2.39. The summed E-state index contributed by atoms with van der Waals surface area (Å²) in [4.78, 5) is 0. The average Bonchev–Trinajstić information content (AvgIpc) is 2.08. The summed E-state index contributed by atoms with van der Waals surface area (Å²) in [5, 5.41) is 0. The van der Waals surface area contributed by atoms with Gasteiger partial charge in [-0.15, -0.1) is 0 Å². The molecule has 1 fully saturated rings. The lowest BCUT2D eigenvalue weighted by Crippen LogP contribution is -2.27. The quantitative estimate of drug-likeness (QED) is 0.557. The van der Waals surface area contributed by atoms with Gasteiger partial charge >= 0.3 is 6.11 Å². The van der Waals surface area contributed by atoms with E-state index in [1.54, 1.807) is 13.8 Å². The Hall–Kier alpha value is -0.180. The highest BCUT2D eigenvalue weighted by Gasteiger charge is 2.46. The van der Waals surface area contributed by atoms with Crippen LogP contribution in [-0.2, 0) is 4.74 Å². The Morgan fingerprint density at radius 3 is 2.30 bits per heavy atom. The van der Waals surface area contributed by atoms with Crippen molar-refractivity contribution in [3.8, 4) is 0 Å². The molecule has 60 valence electrons. The number of rotatable bonds is 1. The first-order chi connectivity index (χ1) is 4.54. The van der Waals surface area contributed by atoms with Gasteiger partial charge < -0.3 is 4.74 Å². The molecule has 1 aliphatic rings. The van der Waals surface area contributed by atoms with E-state index in [9.17, 15) is 8.78 Å². The Balaban J connectivity index is 2.59. The summed E-state index contributed by atoms with van der Waals surface area (Å²) in [6.45, 7) is 3.80. The van der Waals surface area contributed by atoms with E-state index in [1.807, 2.05) is 0 Å². The number of ether oxygens (including phenoxy) is 1. The molecule has 0 saturated carbocycles. The van der Waals surface area contributed by atoms with Gasteiger partial charge in [0.05, 0.1) is 12.5 Å². The Kier molecular flexibility index (Phi) is 1.95. The summed E-state index contributed by atoms with van der Waals surface area (Å²) in [6.07, 6.45) is -2.38. The Morgan fingerprint density at radius 1 is 1.50 bits per heavy atom. The van der Waals surface area contributed by atoms with Crippen molar-refractivity contribution in [2.45, 2.75) is 26.4 Å². The van der Waals surface area contributed by atoms with Gasteiger partial charge in [0, 0.05) is 0 Å². The molecular weight excluding hydrogens is 138 g/mol. The van der Waals surface area contributed by atoms with Crippen molar-refractivity contribution in [3.05, 3.63) is 0 Å². The van der Waals surface area contributed by atoms with E-state index >= 15 is 0 Å². The monoisotopic (exact) mass is 150 g/mol. The molecule has 0 radical (unpaired) electrons. The Morgan fingerprint density at radius 2 is 2.10 bits per heavy atom. The van der Waals surface area contributed by atoms with Crippen molar-refractivity contribution in [2.24, 2.45) is 11.8 Å². The van der Waals surface area contributed by atoms with Crippen LogP contribution in [0.4, 0.5) is 8.78 Å². The molecule has 3 heteroatoms. The van der Waals surface area contributed by atoms with Crippen molar-refractivity contribution < 1.29 is 13.5 Å². The zero-order valence-electron chi connectivity index (χ0n) is 6.23. The van der Waals surface area contributed by atoms with Gasteiger partial charge in [0.2, 0.25) is 0 Å². The molecule has 0 aliphatic carbocycles. The van der Waals surface area contributed by atoms with Crippen LogP contribution in [0.2, 0.25) is 0 Å². The first-order valence-corrected chi connectivity index (χ1v) is 3.56. The van der Waals surface area contributed by atoms with Crippen molar-refractivity contribution in [3.63, 3.8) is 0 Å². The van der Waals surface area contributed by atoms with Crippen LogP contribution in [0.25, 0.3) is 0 Å². The number of alkyl halides is 2. The third kappa shape index (κ3) is 1.29. The molecule has 1 aliphatic heterocycles. The molecule has 0 amide bonds. The summed E-state index contributed by atoms with van der Waals surface area (Å²) in [6, 6.07) is 0. The fraction of sp³-hybridized carbons (Fsp3) is 1.00. The minimum atomic E-state index is -2.87. The van der Waals surface area contributed by atoms with E-state index in [-0.39, 0.29) is 12.5 Å². The van der Waals surface area contributed by atoms with E-state index in [1.165, 1.54) is 0 Å². The maximum atomic E-state index is 12.6. The smallest absolute Gasteiger partial charge is 0.320 e. The van der Waals surface area contributed by atoms with Gasteiger partial charge in [0.15, 0.2) is 0 Å². The van der Waals surface area contributed by atoms with Gasteiger partial charge in [0.25, 0.3) is 0 Å². The van der Waals surface area contributed by atoms with Crippen LogP contribution >= 0.6 is 0 Å². The van der Waals surface area contributed by atoms with Crippen LogP contribution in [0.3, 0.4) is 0 Å². The molecule has 1 saturated heterocycles. The van der Waals surface area contributed by atoms with Crippen molar-refractivity contribution in [1.82, 2.24) is 0 Å². The first-order valence-electron chi connectivity index (χ1n) is 3.56. The minimum absolute atomic E-state index is 0.0116. The largest absolute Gasteiger partial charge is 0.358 e. The number of hydrogen-bond donors (Lipinski definition) is 0. The molecule has 1 rings (SSSR count). The fourth-order valence-corrected chi connectivity index (χ4v) is 1.32. The number of hydrogen-bond acceptors (Lipinski definition) is 1. The molecule has 0 aromatic carbocycles. The first kappa shape index (κ1) is 7.92. The molecule has 1 unspecified atom stereocenters. The van der Waals surface area contributed by atoms with E-state index in [0.29, 0.717) is 6.42 Å². The summed E-state index contributed by atoms with van der Waals surface area (Å²) in [5.74, 6) is -0.565. The molecule has 0 N–H and O–H groups in total. The van der Waals surface area contributed by atoms with E-state index < -0.39 is 12.0 Å². The predicted molar refractivity (Wildman–Crippen MR) is 33.8 cm³/mol. The molecular formula is C7H12F2O. The second-order valence-corrected chi connectivity index (χ2v) is 3.05. The third-order valence-corrected chi connectivity index (χ3v) is 1.96. The molecule has 1 atom stereocenters. The lowest BCUT2D eigenvalue weighted by molar-refractivity contribution is -0.237. The topological polar surface area (TPSA) is 9.23 Å². The molecule has 0 aromatic heterocycles. The van der Waals surface area contributed by atoms with Gasteiger partial charge in [0.1, 0.15) is 0 Å². The van der Waals surface area contributed by atoms with Gasteiger partial charge in [-0.1, -0.05) is 13.8 Å². The van der Waals surface area contributed by atoms with E-state index in [4.69, 9.17) is 0 Å². The second kappa shape index (κ2) is 2.46. The van der Waals surface area contributed by atoms with Gasteiger partial charge in [-0.3, -0.25) is 0 Å². The standard InChI is InChI=1S/C7H12F2O/c1-5(2)6-3-4-10-7(6,8)9/h5-6H,3-4H2,1-2H3. The normalized spacial score (nSPS) is 31.5. The minimum Gasteiger partial charge on any atom is -0.320 e. The maximum Gasteiger partial charge on any atom is 0.358 e. The Labute approximate surface area is 59.4 Å². The van der Waals surface area contributed by atoms with Crippen molar-refractivity contribution >= 4 is 0 Å². The summed E-state index contributed by atoms with van der Waals surface area (Å²) < 4.78 is 29.6. The molecule has 1 nitrogen and oxygen atoms in total. The molecule has 0 aromatic rings. The van der Waals surface area contributed by atoms with E-state index in [2.05, 4.69) is 4.74 Å². The van der Waals surface area contributed by atoms with Crippen molar-refractivity contribution in [2.75, 3.05) is 6.61 Å². The van der Waals surface area contributed by atoms with Gasteiger partial charge in [-0.25, -0.2) is 0 Å². The fourth-order valence-electron chi connectivity index (χ4n) is 1.32. The summed E-state index contributed by atoms with van der Waals surface area (Å²) in [7, 11) is 0. The van der Waals surface area contributed by atoms with Crippen LogP contribution in [-0.4, -0.2) is 12.7 Å². The van der Waals surface area contributed by atoms with Crippen LogP contribution in [0.15, 0.2) is 0 Å². The summed E-state index contributed by atoms with van der Waals surface area (Å²) in [5.41, 5.74) is 0. The lowest BCUT2D eigenvalue weighted by atomic mass is 9.94. The summed E-state index contributed by atoms with van der Waals surface area (Å²) >= 11 is 0. The zero-order chi connectivity index (χ0) is 7.78. The molecule has 1 heterocycles. The highest BCUT2D eigenvalue weighted by atomic mass is 19.3. The van der Waals surface area contributed by atoms with Crippen molar-refractivity contribution in [1.29, 1.82) is 0 Å². The van der Waals surface area contributed by atoms with Crippen LogP contribution < -0.4 is 0 Å². The maximum absolute atomic E-state index is 12.6. The highest BCUT2D eigenvalue weighted by molar-refractivity contribution is 4.76. The lowest BCUT2D eigenvalue weighted by Gasteiger charge is -2.19. The van der Waals surface area contributed by atoms with Crippen LogP contribution in [0, 0.1) is 11.8 Å². The van der Waals surface area contributed by atoms with Crippen LogP contribution in [0.1, 0.15) is 20.3 Å². The zero-order valence-corrected chi connectivity index (χ0v) is 6.23. The van der Waals surface area contributed by atoms with Crippen LogP contribution in [0.5, 0.6) is 0 Å². The molecule has 0 spiro atoms. The molecule has 10 heavy (non-hydrogen) atoms. The van der Waals surface area contributed by atoms with E-state index in [0.717, 1.165) is 0 Å². The number of halogens is 2. The molecule has 0 bridgehead atoms. The van der Waals surface area contributed by atoms with Gasteiger partial charge in [-0.2, -0.15) is 8.78 Å². The Bertz CT molecular complexity index is 123. The third-order valence-electron chi connectivity index (χ3n) is 1.96. The van der Waals surface area contributed by atoms with Gasteiger partial charge in [-0.05, 0) is 12.3 Å². The second-order valence-electron chi connectivity index (χ2n) is 3.05. The SMILES string of the molecule is CC(C)C1CCOC1(F)F.